The van der Waals surface area contributed by atoms with Gasteiger partial charge >= 0.3 is 92.9 Å². The van der Waals surface area contributed by atoms with E-state index in [0.717, 1.165) is 0 Å². The molecule has 0 aromatic heterocycles. The van der Waals surface area contributed by atoms with Gasteiger partial charge in [-0.2, -0.15) is 0 Å². The van der Waals surface area contributed by atoms with E-state index in [1.54, 1.807) is 0 Å². The quantitative estimate of drug-likeness (QED) is 0.445. The molecular weight excluding hydrogens is 348 g/mol. The Kier molecular flexibility index (Phi) is 61.0. The topological polar surface area (TPSA) is 115 Å². The van der Waals surface area contributed by atoms with Crippen LogP contribution in [0.15, 0.2) is 0 Å². The van der Waals surface area contributed by atoms with E-state index in [0.29, 0.717) is 0 Å². The van der Waals surface area contributed by atoms with Gasteiger partial charge in [-0.3, -0.25) is 0 Å². The first kappa shape index (κ1) is 42.8. The molecule has 0 aromatic rings. The molecule has 2 unspecified atom stereocenters. The zero-order valence-electron chi connectivity index (χ0n) is 6.39. The summed E-state index contributed by atoms with van der Waals surface area (Å²) in [6.07, 6.45) is -4.53. The van der Waals surface area contributed by atoms with E-state index in [4.69, 9.17) is 20.4 Å². The molecule has 16 heavy (non-hydrogen) atoms. The van der Waals surface area contributed by atoms with Gasteiger partial charge in [-0.15, -0.1) is 49.6 Å². The summed E-state index contributed by atoms with van der Waals surface area (Å²) in [6, 6.07) is 0. The van der Waals surface area contributed by atoms with Crippen LogP contribution in [0.3, 0.4) is 0 Å². The Morgan fingerprint density at radius 2 is 0.875 bits per heavy atom. The molecule has 4 N–H and O–H groups in total. The number of carboxylic acids is 2. The monoisotopic (exact) mass is 358 g/mol. The van der Waals surface area contributed by atoms with Crippen LogP contribution in [0.1, 0.15) is 0 Å². The van der Waals surface area contributed by atoms with Gasteiger partial charge in [-0.1, -0.05) is 0 Å². The molecule has 0 radical (unpaired) electrons. The minimum absolute atomic E-state index is 0. The zero-order chi connectivity index (χ0) is 8.31. The summed E-state index contributed by atoms with van der Waals surface area (Å²) < 4.78 is 0. The summed E-state index contributed by atoms with van der Waals surface area (Å²) in [5.41, 5.74) is 0. The van der Waals surface area contributed by atoms with Crippen LogP contribution in [0.2, 0.25) is 0 Å². The number of carboxylic acid groups (broad SMARTS) is 2. The molecule has 0 aromatic carbocycles. The number of hydrogen-bond donors (Lipinski definition) is 4. The molecule has 0 fully saturated rings. The average Bonchev–Trinajstić information content (AvgIpc) is 1.84. The molecule has 0 saturated carbocycles. The molecule has 0 spiro atoms. The molecule has 0 amide bonds. The number of aliphatic hydroxyl groups excluding tert-OH is 2. The van der Waals surface area contributed by atoms with E-state index >= 15 is 0 Å². The number of rotatable bonds is 3. The molecule has 0 aliphatic carbocycles. The fourth-order valence-electron chi connectivity index (χ4n) is 0.270. The van der Waals surface area contributed by atoms with Crippen molar-refractivity contribution >= 4 is 143 Å². The van der Waals surface area contributed by atoms with Crippen LogP contribution in [0.25, 0.3) is 0 Å². The van der Waals surface area contributed by atoms with Crippen molar-refractivity contribution in [3.63, 3.8) is 0 Å². The first-order chi connectivity index (χ1) is 4.46. The minimum atomic E-state index is -2.27. The third-order valence-electron chi connectivity index (χ3n) is 0.805. The van der Waals surface area contributed by atoms with E-state index in [9.17, 15) is 9.59 Å². The molecule has 6 nitrogen and oxygen atoms in total. The predicted octanol–water partition coefficient (Wildman–Crippen LogP) is -1.73. The van der Waals surface area contributed by atoms with Crippen LogP contribution in [0.5, 0.6) is 0 Å². The van der Waals surface area contributed by atoms with E-state index in [1.165, 1.54) is 0 Å². The second-order valence-corrected chi connectivity index (χ2v) is 1.57. The summed E-state index contributed by atoms with van der Waals surface area (Å²) in [7, 11) is 0. The standard InChI is InChI=1S/C4H6O6.4ClH.K.Na.2H/c5-1(3(7)8)2(6)4(9)10;;;;;;;;/h1-2,5-6H,(H,7,8)(H,9,10);4*1H;;;;. The van der Waals surface area contributed by atoms with Gasteiger partial charge in [-0.25, -0.2) is 9.59 Å². The van der Waals surface area contributed by atoms with Gasteiger partial charge in [0.2, 0.25) is 0 Å². The Bertz CT molecular complexity index is 157. The molecule has 0 heterocycles. The first-order valence-corrected chi connectivity index (χ1v) is 2.28. The van der Waals surface area contributed by atoms with Gasteiger partial charge in [0.05, 0.1) is 0 Å². The maximum absolute atomic E-state index is 9.77. The van der Waals surface area contributed by atoms with Crippen molar-refractivity contribution in [2.24, 2.45) is 0 Å². The Morgan fingerprint density at radius 1 is 0.750 bits per heavy atom. The second-order valence-electron chi connectivity index (χ2n) is 1.57. The number of aliphatic hydroxyl groups is 2. The Labute approximate surface area is 181 Å². The third-order valence-corrected chi connectivity index (χ3v) is 0.805. The summed E-state index contributed by atoms with van der Waals surface area (Å²) in [4.78, 5) is 19.5. The van der Waals surface area contributed by atoms with Crippen molar-refractivity contribution < 1.29 is 30.0 Å². The van der Waals surface area contributed by atoms with Gasteiger partial charge in [0.1, 0.15) is 0 Å². The van der Waals surface area contributed by atoms with Crippen molar-refractivity contribution in [1.29, 1.82) is 0 Å². The van der Waals surface area contributed by atoms with Gasteiger partial charge in [0.15, 0.2) is 12.2 Å². The molecule has 0 aliphatic heterocycles. The van der Waals surface area contributed by atoms with Crippen LogP contribution in [0, 0.1) is 0 Å². The summed E-state index contributed by atoms with van der Waals surface area (Å²) in [5, 5.41) is 32.5. The molecule has 2 atom stereocenters. The molecule has 0 bridgehead atoms. The van der Waals surface area contributed by atoms with E-state index in [2.05, 4.69) is 0 Å². The van der Waals surface area contributed by atoms with Gasteiger partial charge < -0.3 is 20.4 Å². The maximum atomic E-state index is 9.77. The number of hydrogen-bond acceptors (Lipinski definition) is 4. The average molecular weight is 360 g/mol. The molecule has 0 saturated heterocycles. The first-order valence-electron chi connectivity index (χ1n) is 2.28. The molecule has 12 heteroatoms. The Hall–Kier alpha value is 2.66. The van der Waals surface area contributed by atoms with E-state index in [1.807, 2.05) is 0 Å². The number of carbonyl (C=O) groups is 2. The van der Waals surface area contributed by atoms with Crippen LogP contribution in [-0.4, -0.2) is 126 Å². The van der Waals surface area contributed by atoms with Gasteiger partial charge in [-0.05, 0) is 0 Å². The predicted molar refractivity (Wildman–Crippen MR) is 70.6 cm³/mol. The van der Waals surface area contributed by atoms with Crippen LogP contribution < -0.4 is 0 Å². The third kappa shape index (κ3) is 19.0. The van der Waals surface area contributed by atoms with E-state index in [-0.39, 0.29) is 131 Å². The van der Waals surface area contributed by atoms with Crippen LogP contribution in [0.4, 0.5) is 0 Å². The Morgan fingerprint density at radius 3 is 0.938 bits per heavy atom. The number of halogens is 4. The van der Waals surface area contributed by atoms with E-state index < -0.39 is 24.1 Å². The summed E-state index contributed by atoms with van der Waals surface area (Å²) >= 11 is 0. The van der Waals surface area contributed by atoms with Crippen LogP contribution in [-0.2, 0) is 9.59 Å². The summed E-state index contributed by atoms with van der Waals surface area (Å²) in [6.45, 7) is 0. The second kappa shape index (κ2) is 22.8. The number of aliphatic carboxylic acids is 2. The zero-order valence-corrected chi connectivity index (χ0v) is 9.66. The SMILES string of the molecule is Cl.Cl.Cl.Cl.O=C(O)C(O)C(O)C(=O)O.[KH].[NaH]. The molecule has 94 valence electrons. The van der Waals surface area contributed by atoms with Gasteiger partial charge in [0, 0.05) is 0 Å². The van der Waals surface area contributed by atoms with Crippen molar-refractivity contribution in [3.8, 4) is 0 Å². The van der Waals surface area contributed by atoms with Crippen molar-refractivity contribution in [3.05, 3.63) is 0 Å². The molecular formula is C4H12Cl4KNaO6. The van der Waals surface area contributed by atoms with Crippen LogP contribution >= 0.6 is 49.6 Å². The fraction of sp³-hybridized carbons (Fsp3) is 0.500. The summed E-state index contributed by atoms with van der Waals surface area (Å²) in [5.74, 6) is -3.54. The fourth-order valence-corrected chi connectivity index (χ4v) is 0.270. The van der Waals surface area contributed by atoms with Crippen molar-refractivity contribution in [2.75, 3.05) is 0 Å². The normalized spacial score (nSPS) is 9.88. The molecule has 0 aliphatic rings. The Balaban J connectivity index is -0.0000000270. The molecule has 0 rings (SSSR count). The van der Waals surface area contributed by atoms with Gasteiger partial charge in [0.25, 0.3) is 0 Å². The van der Waals surface area contributed by atoms with Crippen molar-refractivity contribution in [2.45, 2.75) is 12.2 Å². The van der Waals surface area contributed by atoms with Crippen molar-refractivity contribution in [1.82, 2.24) is 0 Å².